The van der Waals surface area contributed by atoms with Crippen LogP contribution in [0.3, 0.4) is 0 Å². The molecule has 3 atom stereocenters. The molecule has 0 radical (unpaired) electrons. The second kappa shape index (κ2) is 12.0. The highest BCUT2D eigenvalue weighted by Crippen LogP contribution is 2.32. The van der Waals surface area contributed by atoms with E-state index in [9.17, 15) is 23.1 Å². The van der Waals surface area contributed by atoms with Crippen molar-refractivity contribution >= 4 is 33.3 Å². The quantitative estimate of drug-likeness (QED) is 0.346. The molecule has 1 aliphatic heterocycles. The van der Waals surface area contributed by atoms with Gasteiger partial charge in [-0.1, -0.05) is 17.2 Å². The zero-order valence-corrected chi connectivity index (χ0v) is 25.4. The van der Waals surface area contributed by atoms with Gasteiger partial charge in [0.25, 0.3) is 15.9 Å². The summed E-state index contributed by atoms with van der Waals surface area (Å²) < 4.78 is 45.1. The van der Waals surface area contributed by atoms with Crippen molar-refractivity contribution in [2.24, 2.45) is 5.92 Å². The number of sulfonamides is 1. The number of hydrogen-bond acceptors (Lipinski definition) is 10. The summed E-state index contributed by atoms with van der Waals surface area (Å²) in [5.41, 5.74) is 1.47. The lowest BCUT2D eigenvalue weighted by molar-refractivity contribution is 0.0371. The summed E-state index contributed by atoms with van der Waals surface area (Å²) in [6, 6.07) is 3.46. The van der Waals surface area contributed by atoms with Gasteiger partial charge in [-0.25, -0.2) is 13.2 Å². The van der Waals surface area contributed by atoms with Crippen LogP contribution in [0, 0.1) is 33.6 Å². The first-order valence-electron chi connectivity index (χ1n) is 13.4. The first-order valence-corrected chi connectivity index (χ1v) is 14.8. The van der Waals surface area contributed by atoms with Gasteiger partial charge in [0, 0.05) is 25.2 Å². The van der Waals surface area contributed by atoms with Crippen molar-refractivity contribution in [3.63, 3.8) is 0 Å². The number of nitrogens with one attached hydrogen (secondary N) is 2. The summed E-state index contributed by atoms with van der Waals surface area (Å²) in [6.45, 7) is 10.1. The van der Waals surface area contributed by atoms with E-state index >= 15 is 0 Å². The number of hydrogen-bond donors (Lipinski definition) is 3. The summed E-state index contributed by atoms with van der Waals surface area (Å²) in [5, 5.41) is 20.3. The van der Waals surface area contributed by atoms with E-state index in [0.29, 0.717) is 17.1 Å². The number of likely N-dealkylation sites (N-methyl/N-ethyl adjacent to an activating group) is 1. The molecule has 3 amide bonds. The third-order valence-corrected chi connectivity index (χ3v) is 8.84. The van der Waals surface area contributed by atoms with Gasteiger partial charge in [0.1, 0.15) is 28.9 Å². The Hall–Kier alpha value is -4.11. The summed E-state index contributed by atoms with van der Waals surface area (Å²) in [5.74, 6) is 0.147. The highest BCUT2D eigenvalue weighted by atomic mass is 32.2. The van der Waals surface area contributed by atoms with Crippen LogP contribution >= 0.6 is 0 Å². The molecule has 1 aliphatic rings. The van der Waals surface area contributed by atoms with Gasteiger partial charge in [0.2, 0.25) is 0 Å². The van der Waals surface area contributed by atoms with E-state index in [1.165, 1.54) is 41.8 Å². The number of carbonyl (C=O) groups is 2. The van der Waals surface area contributed by atoms with Crippen molar-refractivity contribution < 1.29 is 36.9 Å². The molecule has 0 aliphatic carbocycles. The first kappa shape index (κ1) is 30.8. The average Bonchev–Trinajstić information content (AvgIpc) is 3.45. The van der Waals surface area contributed by atoms with Crippen molar-refractivity contribution in [3.8, 4) is 5.75 Å². The Kier molecular flexibility index (Phi) is 8.82. The molecular weight excluding hydrogens is 568 g/mol. The van der Waals surface area contributed by atoms with E-state index in [4.69, 9.17) is 13.8 Å². The Morgan fingerprint density at radius 1 is 1.17 bits per heavy atom. The van der Waals surface area contributed by atoms with E-state index < -0.39 is 34.1 Å². The van der Waals surface area contributed by atoms with Gasteiger partial charge in [0.15, 0.2) is 16.4 Å². The van der Waals surface area contributed by atoms with Gasteiger partial charge in [-0.15, -0.1) is 0 Å². The molecule has 0 saturated heterocycles. The Bertz CT molecular complexity index is 1540. The van der Waals surface area contributed by atoms with Gasteiger partial charge in [-0.3, -0.25) is 9.52 Å². The monoisotopic (exact) mass is 604 g/mol. The van der Waals surface area contributed by atoms with Gasteiger partial charge >= 0.3 is 6.03 Å². The largest absolute Gasteiger partial charge is 0.487 e. The van der Waals surface area contributed by atoms with Crippen molar-refractivity contribution in [1.29, 1.82) is 0 Å². The fourth-order valence-corrected chi connectivity index (χ4v) is 6.17. The molecule has 42 heavy (non-hydrogen) atoms. The number of anilines is 2. The molecule has 4 rings (SSSR count). The molecule has 0 spiro atoms. The third-order valence-electron chi connectivity index (χ3n) is 7.22. The lowest BCUT2D eigenvalue weighted by atomic mass is 9.99. The molecule has 14 nitrogen and oxygen atoms in total. The zero-order chi connectivity index (χ0) is 30.9. The van der Waals surface area contributed by atoms with Crippen LogP contribution in [0.4, 0.5) is 16.2 Å². The molecule has 3 N–H and O–H groups in total. The van der Waals surface area contributed by atoms with Crippen LogP contribution in [-0.4, -0.2) is 84.5 Å². The van der Waals surface area contributed by atoms with E-state index in [0.717, 1.165) is 0 Å². The van der Waals surface area contributed by atoms with Crippen molar-refractivity contribution in [2.75, 3.05) is 36.8 Å². The van der Waals surface area contributed by atoms with Gasteiger partial charge in [0.05, 0.1) is 24.8 Å². The molecule has 2 aromatic heterocycles. The van der Waals surface area contributed by atoms with Crippen LogP contribution in [0.15, 0.2) is 32.1 Å². The summed E-state index contributed by atoms with van der Waals surface area (Å²) >= 11 is 0. The molecular formula is C27H36N6O8S. The molecule has 0 fully saturated rings. The van der Waals surface area contributed by atoms with Crippen molar-refractivity contribution in [3.05, 3.63) is 46.7 Å². The number of aliphatic hydroxyl groups is 1. The number of aryl methyl sites for hydroxylation is 4. The minimum absolute atomic E-state index is 0.0841. The van der Waals surface area contributed by atoms with Crippen LogP contribution < -0.4 is 14.8 Å². The van der Waals surface area contributed by atoms with Crippen LogP contribution in [0.5, 0.6) is 5.75 Å². The molecule has 0 unspecified atom stereocenters. The Morgan fingerprint density at radius 3 is 2.43 bits per heavy atom. The minimum Gasteiger partial charge on any atom is -0.487 e. The number of urea groups is 1. The molecule has 15 heteroatoms. The van der Waals surface area contributed by atoms with E-state index in [1.54, 1.807) is 27.8 Å². The lowest BCUT2D eigenvalue weighted by Gasteiger charge is -2.38. The molecule has 0 bridgehead atoms. The van der Waals surface area contributed by atoms with Gasteiger partial charge < -0.3 is 34.0 Å². The number of aliphatic hydroxyl groups excluding tert-OH is 1. The van der Waals surface area contributed by atoms with Crippen LogP contribution in [0.1, 0.15) is 47.1 Å². The maximum Gasteiger partial charge on any atom is 0.321 e. The number of rotatable bonds is 8. The van der Waals surface area contributed by atoms with E-state index in [-0.39, 0.29) is 59.0 Å². The summed E-state index contributed by atoms with van der Waals surface area (Å²) in [6.07, 6.45) is -0.560. The number of nitrogens with zero attached hydrogens (tertiary/aromatic N) is 4. The Morgan fingerprint density at radius 2 is 1.83 bits per heavy atom. The molecule has 228 valence electrons. The van der Waals surface area contributed by atoms with Crippen molar-refractivity contribution in [2.45, 2.75) is 58.6 Å². The Labute approximate surface area is 244 Å². The van der Waals surface area contributed by atoms with Crippen molar-refractivity contribution in [1.82, 2.24) is 20.1 Å². The second-order valence-corrected chi connectivity index (χ2v) is 12.2. The summed E-state index contributed by atoms with van der Waals surface area (Å²) in [4.78, 5) is 29.6. The second-order valence-electron chi connectivity index (χ2n) is 10.6. The predicted molar refractivity (Wildman–Crippen MR) is 152 cm³/mol. The topological polar surface area (TPSA) is 180 Å². The molecule has 3 aromatic rings. The molecule has 3 heterocycles. The maximum absolute atomic E-state index is 13.7. The van der Waals surface area contributed by atoms with E-state index in [1.807, 2.05) is 6.92 Å². The normalized spacial score (nSPS) is 18.0. The smallest absolute Gasteiger partial charge is 0.321 e. The minimum atomic E-state index is -4.07. The molecule has 0 saturated carbocycles. The number of benzene rings is 1. The van der Waals surface area contributed by atoms with Crippen LogP contribution in [-0.2, 0) is 10.0 Å². The van der Waals surface area contributed by atoms with Gasteiger partial charge in [-0.05, 0) is 52.8 Å². The Balaban J connectivity index is 1.64. The highest BCUT2D eigenvalue weighted by Gasteiger charge is 2.35. The highest BCUT2D eigenvalue weighted by molar-refractivity contribution is 7.92. The molecule has 1 aromatic carbocycles. The SMILES string of the molecule is Cc1noc(C)c1NC(=O)N(C)C[C@H]1Oc2ccc(NS(=O)(=O)c3c(C)noc3C)cc2C(=O)N([C@@H](C)CO)C[C@H]1C. The zero-order valence-electron chi connectivity index (χ0n) is 24.6. The third kappa shape index (κ3) is 6.21. The van der Waals surface area contributed by atoms with Gasteiger partial charge in [-0.2, -0.15) is 0 Å². The van der Waals surface area contributed by atoms with E-state index in [2.05, 4.69) is 20.4 Å². The standard InChI is InChI=1S/C27H36N6O8S/c1-14-11-33(15(2)13-34)26(35)21-10-20(31-42(37,38)25-17(4)30-41-19(25)6)8-9-22(21)39-23(14)12-32(7)27(36)28-24-16(3)29-40-18(24)5/h8-10,14-15,23,31,34H,11-13H2,1-7H3,(H,28,36)/t14-,15+,23-/m1/s1. The number of aromatic nitrogens is 2. The fourth-order valence-electron chi connectivity index (χ4n) is 4.79. The number of ether oxygens (including phenoxy) is 1. The average molecular weight is 605 g/mol. The predicted octanol–water partition coefficient (Wildman–Crippen LogP) is 3.08. The first-order chi connectivity index (χ1) is 19.7. The summed E-state index contributed by atoms with van der Waals surface area (Å²) in [7, 11) is -2.45. The fraction of sp³-hybridized carbons (Fsp3) is 0.481. The number of fused-ring (bicyclic) bond motifs is 1. The number of amides is 3. The van der Waals surface area contributed by atoms with Crippen LogP contribution in [0.2, 0.25) is 0 Å². The number of carbonyl (C=O) groups excluding carboxylic acids is 2. The lowest BCUT2D eigenvalue weighted by Crippen LogP contribution is -2.50. The maximum atomic E-state index is 13.7. The van der Waals surface area contributed by atoms with Crippen LogP contribution in [0.25, 0.3) is 0 Å².